The van der Waals surface area contributed by atoms with Gasteiger partial charge in [-0.1, -0.05) is 0 Å². The van der Waals surface area contributed by atoms with Gasteiger partial charge in [0.15, 0.2) is 0 Å². The molecule has 2 rings (SSSR count). The van der Waals surface area contributed by atoms with Crippen LogP contribution < -0.4 is 5.69 Å². The maximum absolute atomic E-state index is 12.9. The lowest BCUT2D eigenvalue weighted by Crippen LogP contribution is -2.47. The Bertz CT molecular complexity index is 476. The third-order valence-electron chi connectivity index (χ3n) is 3.64. The van der Waals surface area contributed by atoms with E-state index < -0.39 is 23.3 Å². The zero-order chi connectivity index (χ0) is 13.6. The molecule has 1 aromatic rings. The van der Waals surface area contributed by atoms with E-state index in [1.165, 1.54) is 0 Å². The Labute approximate surface area is 101 Å². The van der Waals surface area contributed by atoms with E-state index in [9.17, 15) is 18.0 Å². The second-order valence-corrected chi connectivity index (χ2v) is 5.08. The van der Waals surface area contributed by atoms with Crippen LogP contribution in [0.2, 0.25) is 0 Å². The van der Waals surface area contributed by atoms with Crippen LogP contribution in [-0.4, -0.2) is 38.3 Å². The normalized spacial score (nSPS) is 24.6. The molecule has 5 nitrogen and oxygen atoms in total. The van der Waals surface area contributed by atoms with Crippen molar-refractivity contribution in [1.82, 2.24) is 20.1 Å². The van der Waals surface area contributed by atoms with Crippen molar-refractivity contribution in [1.29, 1.82) is 0 Å². The maximum Gasteiger partial charge on any atom is 0.393 e. The van der Waals surface area contributed by atoms with E-state index in [0.717, 1.165) is 0 Å². The molecule has 0 amide bonds. The first-order valence-electron chi connectivity index (χ1n) is 5.66. The van der Waals surface area contributed by atoms with E-state index in [-0.39, 0.29) is 13.0 Å². The fourth-order valence-corrected chi connectivity index (χ4v) is 2.55. The van der Waals surface area contributed by atoms with E-state index in [2.05, 4.69) is 15.2 Å². The van der Waals surface area contributed by atoms with Gasteiger partial charge in [0.25, 0.3) is 0 Å². The highest BCUT2D eigenvalue weighted by Crippen LogP contribution is 2.44. The number of alkyl halides is 3. The molecule has 1 unspecified atom stereocenters. The molecule has 0 saturated carbocycles. The summed E-state index contributed by atoms with van der Waals surface area (Å²) in [5.41, 5.74) is -1.44. The molecular weight excluding hydrogens is 249 g/mol. The van der Waals surface area contributed by atoms with Gasteiger partial charge >= 0.3 is 11.9 Å². The molecule has 1 saturated heterocycles. The largest absolute Gasteiger partial charge is 0.393 e. The highest BCUT2D eigenvalue weighted by Gasteiger charge is 2.54. The lowest BCUT2D eigenvalue weighted by atomic mass is 9.88. The number of aromatic nitrogens is 3. The smallest absolute Gasteiger partial charge is 0.292 e. The Balaban J connectivity index is 2.14. The predicted molar refractivity (Wildman–Crippen MR) is 57.9 cm³/mol. The zero-order valence-electron chi connectivity index (χ0n) is 10.1. The van der Waals surface area contributed by atoms with Crippen LogP contribution in [-0.2, 0) is 6.54 Å². The topological polar surface area (TPSA) is 64.8 Å². The van der Waals surface area contributed by atoms with Gasteiger partial charge in [0.05, 0.1) is 12.5 Å². The predicted octanol–water partition coefficient (Wildman–Crippen LogP) is 1.26. The third kappa shape index (κ3) is 2.29. The first-order valence-corrected chi connectivity index (χ1v) is 5.66. The van der Waals surface area contributed by atoms with Gasteiger partial charge in [-0.25, -0.2) is 9.89 Å². The molecule has 1 atom stereocenters. The first-order chi connectivity index (χ1) is 8.21. The molecule has 1 aliphatic heterocycles. The molecule has 8 heteroatoms. The second kappa shape index (κ2) is 4.11. The molecule has 2 N–H and O–H groups in total. The van der Waals surface area contributed by atoms with Crippen molar-refractivity contribution in [3.63, 3.8) is 0 Å². The summed E-state index contributed by atoms with van der Waals surface area (Å²) < 4.78 is 38.6. The third-order valence-corrected chi connectivity index (χ3v) is 3.64. The summed E-state index contributed by atoms with van der Waals surface area (Å²) in [5, 5.41) is 5.92. The number of hydrogen-bond donors (Lipinski definition) is 2. The van der Waals surface area contributed by atoms with Crippen molar-refractivity contribution in [2.45, 2.75) is 38.5 Å². The van der Waals surface area contributed by atoms with E-state index in [1.54, 1.807) is 18.7 Å². The Morgan fingerprint density at radius 3 is 2.61 bits per heavy atom. The van der Waals surface area contributed by atoms with Crippen LogP contribution in [0.15, 0.2) is 4.79 Å². The molecule has 0 radical (unpaired) electrons. The van der Waals surface area contributed by atoms with Crippen LogP contribution in [0.4, 0.5) is 13.2 Å². The fourth-order valence-electron chi connectivity index (χ4n) is 2.55. The molecule has 2 heterocycles. The molecule has 1 aromatic heterocycles. The Kier molecular flexibility index (Phi) is 3.00. The van der Waals surface area contributed by atoms with Crippen molar-refractivity contribution < 1.29 is 13.2 Å². The molecule has 18 heavy (non-hydrogen) atoms. The van der Waals surface area contributed by atoms with Gasteiger partial charge in [-0.2, -0.15) is 18.3 Å². The summed E-state index contributed by atoms with van der Waals surface area (Å²) in [6.07, 6.45) is -4.12. The minimum atomic E-state index is -4.20. The van der Waals surface area contributed by atoms with Gasteiger partial charge in [-0.15, -0.1) is 0 Å². The summed E-state index contributed by atoms with van der Waals surface area (Å²) in [7, 11) is 0. The molecule has 1 fully saturated rings. The van der Waals surface area contributed by atoms with E-state index in [0.29, 0.717) is 12.4 Å². The summed E-state index contributed by atoms with van der Waals surface area (Å²) in [4.78, 5) is 15.0. The quantitative estimate of drug-likeness (QED) is 0.845. The minimum absolute atomic E-state index is 0.0746. The van der Waals surface area contributed by atoms with Gasteiger partial charge in [0, 0.05) is 5.54 Å². The van der Waals surface area contributed by atoms with Gasteiger partial charge in [-0.3, -0.25) is 9.88 Å². The average Bonchev–Trinajstić information content (AvgIpc) is 2.71. The van der Waals surface area contributed by atoms with Crippen molar-refractivity contribution in [2.75, 3.05) is 6.54 Å². The summed E-state index contributed by atoms with van der Waals surface area (Å²) in [5.74, 6) is -0.994. The van der Waals surface area contributed by atoms with Crippen LogP contribution in [0.5, 0.6) is 0 Å². The Morgan fingerprint density at radius 2 is 2.17 bits per heavy atom. The van der Waals surface area contributed by atoms with E-state index >= 15 is 0 Å². The van der Waals surface area contributed by atoms with Crippen molar-refractivity contribution in [3.05, 3.63) is 16.3 Å². The number of aromatic amines is 2. The van der Waals surface area contributed by atoms with E-state index in [4.69, 9.17) is 0 Å². The molecule has 0 aliphatic carbocycles. The lowest BCUT2D eigenvalue weighted by Gasteiger charge is -2.36. The average molecular weight is 264 g/mol. The van der Waals surface area contributed by atoms with Gasteiger partial charge in [0.2, 0.25) is 0 Å². The maximum atomic E-state index is 12.9. The van der Waals surface area contributed by atoms with Crippen LogP contribution in [0.3, 0.4) is 0 Å². The Hall–Kier alpha value is -1.31. The van der Waals surface area contributed by atoms with Crippen molar-refractivity contribution in [2.24, 2.45) is 5.92 Å². The summed E-state index contributed by atoms with van der Waals surface area (Å²) >= 11 is 0. The van der Waals surface area contributed by atoms with Crippen LogP contribution in [0.25, 0.3) is 0 Å². The summed E-state index contributed by atoms with van der Waals surface area (Å²) in [6, 6.07) is 0. The van der Waals surface area contributed by atoms with Crippen LogP contribution >= 0.6 is 0 Å². The highest BCUT2D eigenvalue weighted by molar-refractivity contribution is 5.00. The van der Waals surface area contributed by atoms with Crippen LogP contribution in [0.1, 0.15) is 26.1 Å². The Morgan fingerprint density at radius 1 is 1.50 bits per heavy atom. The molecule has 0 bridgehead atoms. The number of halogens is 3. The highest BCUT2D eigenvalue weighted by atomic mass is 19.4. The van der Waals surface area contributed by atoms with Crippen molar-refractivity contribution in [3.8, 4) is 0 Å². The van der Waals surface area contributed by atoms with Gasteiger partial charge < -0.3 is 0 Å². The molecule has 102 valence electrons. The van der Waals surface area contributed by atoms with E-state index in [1.807, 2.05) is 0 Å². The first kappa shape index (κ1) is 13.1. The number of nitrogens with zero attached hydrogens (tertiary/aromatic N) is 2. The fraction of sp³-hybridized carbons (Fsp3) is 0.800. The summed E-state index contributed by atoms with van der Waals surface area (Å²) in [6.45, 7) is 3.69. The SMILES string of the molecule is CC1(C)C(C(F)(F)F)CCN1Cc1n[nH]c(=O)[nH]1. The van der Waals surface area contributed by atoms with Gasteiger partial charge in [0.1, 0.15) is 5.82 Å². The number of likely N-dealkylation sites (tertiary alicyclic amines) is 1. The van der Waals surface area contributed by atoms with Crippen molar-refractivity contribution >= 4 is 0 Å². The standard InChI is InChI=1S/C10H15F3N4O/c1-9(2)6(10(11,12)13)3-4-17(9)5-7-14-8(18)16-15-7/h6H,3-5H2,1-2H3,(H2,14,15,16,18). The number of H-pyrrole nitrogens is 2. The molecular formula is C10H15F3N4O. The minimum Gasteiger partial charge on any atom is -0.292 e. The monoisotopic (exact) mass is 264 g/mol. The van der Waals surface area contributed by atoms with Crippen LogP contribution in [0, 0.1) is 5.92 Å². The molecule has 1 aliphatic rings. The zero-order valence-corrected chi connectivity index (χ0v) is 10.1. The second-order valence-electron chi connectivity index (χ2n) is 5.08. The molecule has 0 spiro atoms. The number of hydrogen-bond acceptors (Lipinski definition) is 3. The molecule has 0 aromatic carbocycles. The number of nitrogens with one attached hydrogen (secondary N) is 2. The lowest BCUT2D eigenvalue weighted by molar-refractivity contribution is -0.192. The van der Waals surface area contributed by atoms with Gasteiger partial charge in [-0.05, 0) is 26.8 Å². The number of rotatable bonds is 2.